The Hall–Kier alpha value is -1.38. The molecule has 1 spiro atoms. The molecular weight excluding hydrogens is 248 g/mol. The topological polar surface area (TPSA) is 38.5 Å². The summed E-state index contributed by atoms with van der Waals surface area (Å²) in [5.41, 5.74) is 8.63. The quantitative estimate of drug-likeness (QED) is 0.833. The summed E-state index contributed by atoms with van der Waals surface area (Å²) in [6, 6.07) is 6.06. The molecular formula is C17H26N2O. The third kappa shape index (κ3) is 2.72. The smallest absolute Gasteiger partial charge is 0.122 e. The van der Waals surface area contributed by atoms with Gasteiger partial charge in [-0.2, -0.15) is 0 Å². The number of piperidine rings is 1. The first-order valence-electron chi connectivity index (χ1n) is 7.90. The van der Waals surface area contributed by atoms with Gasteiger partial charge in [0.2, 0.25) is 0 Å². The zero-order valence-corrected chi connectivity index (χ0v) is 12.5. The van der Waals surface area contributed by atoms with E-state index in [2.05, 4.69) is 17.0 Å². The Labute approximate surface area is 122 Å². The molecule has 3 rings (SSSR count). The number of nitrogen functional groups attached to an aromatic ring is 1. The fourth-order valence-electron chi connectivity index (χ4n) is 3.95. The Morgan fingerprint density at radius 1 is 1.00 bits per heavy atom. The molecule has 1 aromatic rings. The van der Waals surface area contributed by atoms with Gasteiger partial charge >= 0.3 is 0 Å². The SMILES string of the molecule is COc1cc(N)cc(N2CCC3(CCCCC3)CC2)c1. The van der Waals surface area contributed by atoms with Crippen molar-refractivity contribution in [3.8, 4) is 5.75 Å². The van der Waals surface area contributed by atoms with E-state index in [4.69, 9.17) is 10.5 Å². The second kappa shape index (κ2) is 5.55. The van der Waals surface area contributed by atoms with Gasteiger partial charge in [-0.15, -0.1) is 0 Å². The number of benzene rings is 1. The molecule has 0 amide bonds. The van der Waals surface area contributed by atoms with E-state index < -0.39 is 0 Å². The van der Waals surface area contributed by atoms with Crippen molar-refractivity contribution in [2.45, 2.75) is 44.9 Å². The molecule has 1 aliphatic heterocycles. The van der Waals surface area contributed by atoms with Crippen LogP contribution in [0.3, 0.4) is 0 Å². The molecule has 0 bridgehead atoms. The minimum atomic E-state index is 0.652. The highest BCUT2D eigenvalue weighted by Crippen LogP contribution is 2.45. The van der Waals surface area contributed by atoms with E-state index >= 15 is 0 Å². The average Bonchev–Trinajstić information content (AvgIpc) is 2.48. The highest BCUT2D eigenvalue weighted by atomic mass is 16.5. The minimum absolute atomic E-state index is 0.652. The normalized spacial score (nSPS) is 21.9. The van der Waals surface area contributed by atoms with Crippen molar-refractivity contribution in [3.63, 3.8) is 0 Å². The Kier molecular flexibility index (Phi) is 3.77. The standard InChI is InChI=1S/C17H26N2O/c1-20-16-12-14(18)11-15(13-16)19-9-7-17(8-10-19)5-3-2-4-6-17/h11-13H,2-10,18H2,1H3. The zero-order chi connectivity index (χ0) is 14.0. The molecule has 1 aliphatic carbocycles. The first-order chi connectivity index (χ1) is 9.71. The lowest BCUT2D eigenvalue weighted by Crippen LogP contribution is -2.41. The molecule has 1 heterocycles. The predicted molar refractivity (Wildman–Crippen MR) is 84.4 cm³/mol. The Bertz CT molecular complexity index is 456. The van der Waals surface area contributed by atoms with Gasteiger partial charge in [0, 0.05) is 36.6 Å². The lowest BCUT2D eigenvalue weighted by Gasteiger charge is -2.45. The van der Waals surface area contributed by atoms with Crippen LogP contribution in [0.2, 0.25) is 0 Å². The highest BCUT2D eigenvalue weighted by molar-refractivity contribution is 5.60. The molecule has 1 saturated carbocycles. The lowest BCUT2D eigenvalue weighted by molar-refractivity contribution is 0.144. The summed E-state index contributed by atoms with van der Waals surface area (Å²) in [5.74, 6) is 0.859. The molecule has 1 aromatic carbocycles. The number of anilines is 2. The number of nitrogens with two attached hydrogens (primary N) is 1. The van der Waals surface area contributed by atoms with Gasteiger partial charge in [-0.05, 0) is 37.2 Å². The van der Waals surface area contributed by atoms with E-state index in [1.807, 2.05) is 6.07 Å². The van der Waals surface area contributed by atoms with E-state index in [-0.39, 0.29) is 0 Å². The second-order valence-corrected chi connectivity index (χ2v) is 6.51. The molecule has 110 valence electrons. The van der Waals surface area contributed by atoms with Crippen molar-refractivity contribution in [2.75, 3.05) is 30.8 Å². The minimum Gasteiger partial charge on any atom is -0.497 e. The maximum atomic E-state index is 5.97. The number of ether oxygens (including phenoxy) is 1. The molecule has 0 radical (unpaired) electrons. The summed E-state index contributed by atoms with van der Waals surface area (Å²) in [4.78, 5) is 2.47. The van der Waals surface area contributed by atoms with Crippen LogP contribution < -0.4 is 15.4 Å². The Morgan fingerprint density at radius 2 is 1.70 bits per heavy atom. The molecule has 0 atom stereocenters. The van der Waals surface area contributed by atoms with Crippen molar-refractivity contribution < 1.29 is 4.74 Å². The molecule has 3 heteroatoms. The molecule has 3 nitrogen and oxygen atoms in total. The first kappa shape index (κ1) is 13.6. The van der Waals surface area contributed by atoms with Crippen LogP contribution in [0.25, 0.3) is 0 Å². The average molecular weight is 274 g/mol. The van der Waals surface area contributed by atoms with E-state index in [0.717, 1.165) is 24.5 Å². The van der Waals surface area contributed by atoms with Crippen LogP contribution in [0.5, 0.6) is 5.75 Å². The summed E-state index contributed by atoms with van der Waals surface area (Å²) < 4.78 is 5.33. The van der Waals surface area contributed by atoms with Crippen LogP contribution in [0.4, 0.5) is 11.4 Å². The van der Waals surface area contributed by atoms with Gasteiger partial charge in [-0.1, -0.05) is 19.3 Å². The second-order valence-electron chi connectivity index (χ2n) is 6.51. The fraction of sp³-hybridized carbons (Fsp3) is 0.647. The number of hydrogen-bond acceptors (Lipinski definition) is 3. The van der Waals surface area contributed by atoms with E-state index in [0.29, 0.717) is 5.41 Å². The van der Waals surface area contributed by atoms with Gasteiger partial charge in [0.15, 0.2) is 0 Å². The Morgan fingerprint density at radius 3 is 2.35 bits per heavy atom. The zero-order valence-electron chi connectivity index (χ0n) is 12.5. The summed E-state index contributed by atoms with van der Waals surface area (Å²) in [5, 5.41) is 0. The molecule has 2 N–H and O–H groups in total. The Balaban J connectivity index is 1.70. The maximum absolute atomic E-state index is 5.97. The van der Waals surface area contributed by atoms with Crippen LogP contribution in [0, 0.1) is 5.41 Å². The summed E-state index contributed by atoms with van der Waals surface area (Å²) in [6.07, 6.45) is 9.88. The van der Waals surface area contributed by atoms with E-state index in [1.165, 1.54) is 50.6 Å². The third-order valence-corrected chi connectivity index (χ3v) is 5.25. The monoisotopic (exact) mass is 274 g/mol. The lowest BCUT2D eigenvalue weighted by atomic mass is 9.68. The summed E-state index contributed by atoms with van der Waals surface area (Å²) in [6.45, 7) is 2.32. The van der Waals surface area contributed by atoms with Gasteiger partial charge in [-0.25, -0.2) is 0 Å². The summed E-state index contributed by atoms with van der Waals surface area (Å²) >= 11 is 0. The van der Waals surface area contributed by atoms with Crippen LogP contribution in [-0.4, -0.2) is 20.2 Å². The fourth-order valence-corrected chi connectivity index (χ4v) is 3.95. The largest absolute Gasteiger partial charge is 0.497 e. The van der Waals surface area contributed by atoms with Crippen molar-refractivity contribution in [3.05, 3.63) is 18.2 Å². The predicted octanol–water partition coefficient (Wildman–Crippen LogP) is 3.83. The van der Waals surface area contributed by atoms with Crippen molar-refractivity contribution >= 4 is 11.4 Å². The molecule has 1 saturated heterocycles. The van der Waals surface area contributed by atoms with Crippen molar-refractivity contribution in [2.24, 2.45) is 5.41 Å². The van der Waals surface area contributed by atoms with Gasteiger partial charge in [0.1, 0.15) is 5.75 Å². The van der Waals surface area contributed by atoms with Crippen LogP contribution in [0.1, 0.15) is 44.9 Å². The maximum Gasteiger partial charge on any atom is 0.122 e. The van der Waals surface area contributed by atoms with Gasteiger partial charge in [0.05, 0.1) is 7.11 Å². The number of hydrogen-bond donors (Lipinski definition) is 1. The van der Waals surface area contributed by atoms with Gasteiger partial charge in [-0.3, -0.25) is 0 Å². The van der Waals surface area contributed by atoms with Gasteiger partial charge < -0.3 is 15.4 Å². The van der Waals surface area contributed by atoms with Crippen LogP contribution in [0.15, 0.2) is 18.2 Å². The summed E-state index contributed by atoms with van der Waals surface area (Å²) in [7, 11) is 1.70. The molecule has 2 aliphatic rings. The third-order valence-electron chi connectivity index (χ3n) is 5.25. The van der Waals surface area contributed by atoms with Gasteiger partial charge in [0.25, 0.3) is 0 Å². The van der Waals surface area contributed by atoms with E-state index in [1.54, 1.807) is 7.11 Å². The molecule has 2 fully saturated rings. The van der Waals surface area contributed by atoms with E-state index in [9.17, 15) is 0 Å². The molecule has 0 unspecified atom stereocenters. The molecule has 20 heavy (non-hydrogen) atoms. The molecule has 0 aromatic heterocycles. The van der Waals surface area contributed by atoms with Crippen LogP contribution in [-0.2, 0) is 0 Å². The highest BCUT2D eigenvalue weighted by Gasteiger charge is 2.35. The number of rotatable bonds is 2. The number of methoxy groups -OCH3 is 1. The van der Waals surface area contributed by atoms with Crippen LogP contribution >= 0.6 is 0 Å². The number of nitrogens with zero attached hydrogens (tertiary/aromatic N) is 1. The van der Waals surface area contributed by atoms with Crippen molar-refractivity contribution in [1.29, 1.82) is 0 Å². The van der Waals surface area contributed by atoms with Crippen molar-refractivity contribution in [1.82, 2.24) is 0 Å². The first-order valence-corrected chi connectivity index (χ1v) is 7.90.